The minimum absolute atomic E-state index is 0.0230. The van der Waals surface area contributed by atoms with Crippen LogP contribution in [0.1, 0.15) is 77.6 Å². The molecule has 2 heterocycles. The lowest BCUT2D eigenvalue weighted by atomic mass is 9.76. The highest BCUT2D eigenvalue weighted by atomic mass is 16.5. The molecule has 2 aliphatic heterocycles. The fourth-order valence-corrected chi connectivity index (χ4v) is 5.15. The number of carbonyl (C=O) groups is 1. The third-order valence-electron chi connectivity index (χ3n) is 6.70. The van der Waals surface area contributed by atoms with Crippen LogP contribution in [-0.2, 0) is 19.0 Å². The summed E-state index contributed by atoms with van der Waals surface area (Å²) in [6.07, 6.45) is 13.2. The van der Waals surface area contributed by atoms with Gasteiger partial charge in [-0.15, -0.1) is 0 Å². The molecule has 156 valence electrons. The molecular weight excluding hydrogens is 346 g/mol. The summed E-state index contributed by atoms with van der Waals surface area (Å²) in [7, 11) is 0. The fraction of sp³-hybridized carbons (Fsp3) is 0.952. The second kappa shape index (κ2) is 10.7. The molecule has 0 aromatic heterocycles. The Morgan fingerprint density at radius 2 is 1.74 bits per heavy atom. The number of carbonyl (C=O) groups excluding carboxylic acids is 1. The molecule has 6 nitrogen and oxygen atoms in total. The number of rotatable bonds is 11. The van der Waals surface area contributed by atoms with Crippen molar-refractivity contribution in [2.45, 2.75) is 102 Å². The van der Waals surface area contributed by atoms with Crippen LogP contribution in [0.2, 0.25) is 0 Å². The van der Waals surface area contributed by atoms with Gasteiger partial charge >= 0.3 is 0 Å². The molecule has 0 spiro atoms. The van der Waals surface area contributed by atoms with Gasteiger partial charge in [0.2, 0.25) is 5.91 Å². The summed E-state index contributed by atoms with van der Waals surface area (Å²) >= 11 is 0. The summed E-state index contributed by atoms with van der Waals surface area (Å²) in [5, 5.41) is 8.55. The van der Waals surface area contributed by atoms with Gasteiger partial charge in [0.25, 0.3) is 0 Å². The number of amides is 1. The van der Waals surface area contributed by atoms with Crippen molar-refractivity contribution in [3.63, 3.8) is 0 Å². The lowest BCUT2D eigenvalue weighted by Crippen LogP contribution is -2.30. The minimum atomic E-state index is -0.356. The number of hydrogen-bond donors (Lipinski definition) is 2. The van der Waals surface area contributed by atoms with Crippen molar-refractivity contribution in [3.8, 4) is 0 Å². The van der Waals surface area contributed by atoms with Gasteiger partial charge in [0.1, 0.15) is 0 Å². The van der Waals surface area contributed by atoms with Gasteiger partial charge in [-0.2, -0.15) is 0 Å². The molecule has 6 heteroatoms. The maximum atomic E-state index is 11.1. The lowest BCUT2D eigenvalue weighted by Gasteiger charge is -2.29. The van der Waals surface area contributed by atoms with Gasteiger partial charge in [-0.05, 0) is 63.7 Å². The van der Waals surface area contributed by atoms with E-state index >= 15 is 0 Å². The average Bonchev–Trinajstić information content (AvgIpc) is 3.29. The average molecular weight is 384 g/mol. The Balaban J connectivity index is 1.35. The Kier molecular flexibility index (Phi) is 8.37. The third kappa shape index (κ3) is 6.14. The number of ether oxygens (including phenoxy) is 3. The van der Waals surface area contributed by atoms with Crippen molar-refractivity contribution in [2.75, 3.05) is 13.2 Å². The SMILES string of the molecule is CC(CCC(=O)NO)OCCC1C2CCC(O2)C1CCOC1CCCCC1. The van der Waals surface area contributed by atoms with Crippen LogP contribution in [0.15, 0.2) is 0 Å². The molecule has 3 rings (SSSR count). The molecular formula is C21H37NO5. The minimum Gasteiger partial charge on any atom is -0.378 e. The largest absolute Gasteiger partial charge is 0.378 e. The summed E-state index contributed by atoms with van der Waals surface area (Å²) < 4.78 is 18.3. The molecule has 2 saturated heterocycles. The van der Waals surface area contributed by atoms with Gasteiger partial charge in [0.05, 0.1) is 24.4 Å². The van der Waals surface area contributed by atoms with Crippen LogP contribution in [0.3, 0.4) is 0 Å². The molecule has 0 radical (unpaired) electrons. The predicted molar refractivity (Wildman–Crippen MR) is 102 cm³/mol. The molecule has 2 N–H and O–H groups in total. The van der Waals surface area contributed by atoms with E-state index < -0.39 is 0 Å². The second-order valence-electron chi connectivity index (χ2n) is 8.58. The highest BCUT2D eigenvalue weighted by Crippen LogP contribution is 2.46. The van der Waals surface area contributed by atoms with E-state index in [-0.39, 0.29) is 18.4 Å². The number of fused-ring (bicyclic) bond motifs is 2. The van der Waals surface area contributed by atoms with Crippen LogP contribution in [0, 0.1) is 11.8 Å². The van der Waals surface area contributed by atoms with Crippen LogP contribution in [0.25, 0.3) is 0 Å². The van der Waals surface area contributed by atoms with E-state index in [0.717, 1.165) is 19.4 Å². The molecule has 1 amide bonds. The van der Waals surface area contributed by atoms with Crippen LogP contribution >= 0.6 is 0 Å². The Morgan fingerprint density at radius 1 is 1.07 bits per heavy atom. The molecule has 5 unspecified atom stereocenters. The van der Waals surface area contributed by atoms with E-state index in [0.29, 0.717) is 43.2 Å². The zero-order valence-electron chi connectivity index (χ0n) is 16.7. The van der Waals surface area contributed by atoms with E-state index in [1.165, 1.54) is 44.9 Å². The van der Waals surface area contributed by atoms with E-state index in [9.17, 15) is 4.79 Å². The summed E-state index contributed by atoms with van der Waals surface area (Å²) in [5.41, 5.74) is 1.67. The van der Waals surface area contributed by atoms with Gasteiger partial charge < -0.3 is 14.2 Å². The summed E-state index contributed by atoms with van der Waals surface area (Å²) in [5.74, 6) is 0.822. The number of hydrogen-bond acceptors (Lipinski definition) is 5. The van der Waals surface area contributed by atoms with Gasteiger partial charge in [-0.1, -0.05) is 19.3 Å². The fourth-order valence-electron chi connectivity index (χ4n) is 5.15. The van der Waals surface area contributed by atoms with Crippen molar-refractivity contribution in [1.29, 1.82) is 0 Å². The maximum absolute atomic E-state index is 11.1. The smallest absolute Gasteiger partial charge is 0.243 e. The quantitative estimate of drug-likeness (QED) is 0.421. The maximum Gasteiger partial charge on any atom is 0.243 e. The Morgan fingerprint density at radius 3 is 2.41 bits per heavy atom. The first kappa shape index (κ1) is 21.0. The van der Waals surface area contributed by atoms with Crippen molar-refractivity contribution in [3.05, 3.63) is 0 Å². The molecule has 1 aliphatic carbocycles. The van der Waals surface area contributed by atoms with Crippen molar-refractivity contribution >= 4 is 5.91 Å². The van der Waals surface area contributed by atoms with E-state index in [2.05, 4.69) is 0 Å². The molecule has 3 fully saturated rings. The topological polar surface area (TPSA) is 77.0 Å². The number of hydroxylamine groups is 1. The predicted octanol–water partition coefficient (Wildman–Crippen LogP) is 3.60. The first-order valence-corrected chi connectivity index (χ1v) is 11.0. The van der Waals surface area contributed by atoms with Gasteiger partial charge in [0.15, 0.2) is 0 Å². The molecule has 2 bridgehead atoms. The molecule has 27 heavy (non-hydrogen) atoms. The zero-order valence-corrected chi connectivity index (χ0v) is 16.7. The Hall–Kier alpha value is -0.690. The van der Waals surface area contributed by atoms with Crippen LogP contribution < -0.4 is 5.48 Å². The number of nitrogens with one attached hydrogen (secondary N) is 1. The highest BCUT2D eigenvalue weighted by Gasteiger charge is 2.48. The van der Waals surface area contributed by atoms with Crippen molar-refractivity contribution in [2.24, 2.45) is 11.8 Å². The van der Waals surface area contributed by atoms with Gasteiger partial charge in [0, 0.05) is 19.6 Å². The first-order valence-electron chi connectivity index (χ1n) is 11.0. The van der Waals surface area contributed by atoms with Crippen molar-refractivity contribution in [1.82, 2.24) is 5.48 Å². The monoisotopic (exact) mass is 383 g/mol. The molecule has 0 aromatic rings. The summed E-state index contributed by atoms with van der Waals surface area (Å²) in [6, 6.07) is 0. The van der Waals surface area contributed by atoms with Crippen molar-refractivity contribution < 1.29 is 24.2 Å². The Bertz CT molecular complexity index is 454. The normalized spacial score (nSPS) is 31.9. The van der Waals surface area contributed by atoms with E-state index in [1.807, 2.05) is 6.92 Å². The highest BCUT2D eigenvalue weighted by molar-refractivity contribution is 5.74. The van der Waals surface area contributed by atoms with Gasteiger partial charge in [-0.3, -0.25) is 10.0 Å². The third-order valence-corrected chi connectivity index (χ3v) is 6.70. The lowest BCUT2D eigenvalue weighted by molar-refractivity contribution is -0.129. The summed E-state index contributed by atoms with van der Waals surface area (Å²) in [4.78, 5) is 11.1. The van der Waals surface area contributed by atoms with Crippen LogP contribution in [0.4, 0.5) is 0 Å². The Labute approximate surface area is 163 Å². The van der Waals surface area contributed by atoms with E-state index in [1.54, 1.807) is 5.48 Å². The van der Waals surface area contributed by atoms with Crippen LogP contribution in [0.5, 0.6) is 0 Å². The second-order valence-corrected chi connectivity index (χ2v) is 8.58. The molecule has 5 atom stereocenters. The molecule has 0 aromatic carbocycles. The molecule has 1 saturated carbocycles. The summed E-state index contributed by atoms with van der Waals surface area (Å²) in [6.45, 7) is 3.56. The van der Waals surface area contributed by atoms with Crippen LogP contribution in [-0.4, -0.2) is 48.7 Å². The van der Waals surface area contributed by atoms with E-state index in [4.69, 9.17) is 19.4 Å². The molecule has 3 aliphatic rings. The zero-order chi connectivity index (χ0) is 19.1. The first-order chi connectivity index (χ1) is 13.2. The standard InChI is InChI=1S/C21H37NO5/c1-15(7-10-21(23)22-24)25-13-11-17-18(20-9-8-19(17)27-20)12-14-26-16-5-3-2-4-6-16/h15-20,24H,2-14H2,1H3,(H,22,23). The van der Waals surface area contributed by atoms with Gasteiger partial charge in [-0.25, -0.2) is 5.48 Å².